The fourth-order valence-corrected chi connectivity index (χ4v) is 11.1. The molecule has 0 bridgehead atoms. The molecular weight excluding hydrogens is 912 g/mol. The maximum atomic E-state index is 15.6. The van der Waals surface area contributed by atoms with E-state index in [-0.39, 0.29) is 63.9 Å². The van der Waals surface area contributed by atoms with Gasteiger partial charge in [0.2, 0.25) is 15.9 Å². The molecule has 0 spiro atoms. The molecule has 3 fully saturated rings. The molecule has 22 heteroatoms. The number of rotatable bonds is 13. The normalized spacial score (nSPS) is 19.7. The number of anilines is 1. The van der Waals surface area contributed by atoms with Gasteiger partial charge in [0.1, 0.15) is 40.0 Å². The number of fused-ring (bicyclic) bond motifs is 4. The van der Waals surface area contributed by atoms with Gasteiger partial charge in [-0.05, 0) is 87.3 Å². The van der Waals surface area contributed by atoms with Gasteiger partial charge in [0.25, 0.3) is 12.3 Å². The second kappa shape index (κ2) is 15.5. The predicted molar refractivity (Wildman–Crippen MR) is 222 cm³/mol. The van der Waals surface area contributed by atoms with E-state index >= 15 is 8.78 Å². The Hall–Kier alpha value is -5.17. The number of alkyl halides is 4. The van der Waals surface area contributed by atoms with Gasteiger partial charge in [-0.1, -0.05) is 23.6 Å². The smallest absolute Gasteiger partial charge is 0.293 e. The van der Waals surface area contributed by atoms with Crippen LogP contribution in [0.1, 0.15) is 91.4 Å². The number of ether oxygens (including phenoxy) is 1. The molecule has 13 nitrogen and oxygen atoms in total. The Morgan fingerprint density at radius 3 is 2.33 bits per heavy atom. The Morgan fingerprint density at radius 2 is 1.70 bits per heavy atom. The highest BCUT2D eigenvalue weighted by atomic mass is 35.5. The van der Waals surface area contributed by atoms with E-state index in [1.54, 1.807) is 12.1 Å². The van der Waals surface area contributed by atoms with Gasteiger partial charge in [-0.2, -0.15) is 19.0 Å². The van der Waals surface area contributed by atoms with Crippen LogP contribution < -0.4 is 10.0 Å². The fourth-order valence-electron chi connectivity index (χ4n) is 8.58. The number of hydrogen-bond acceptors (Lipinski definition) is 9. The number of carbonyl (C=O) groups excluding carboxylic acids is 1. The molecule has 1 unspecified atom stereocenters. The molecule has 1 amide bonds. The van der Waals surface area contributed by atoms with Crippen molar-refractivity contribution < 1.29 is 52.7 Å². The summed E-state index contributed by atoms with van der Waals surface area (Å²) in [5, 5.41) is 10.8. The van der Waals surface area contributed by atoms with E-state index in [1.165, 1.54) is 30.7 Å². The lowest BCUT2D eigenvalue weighted by molar-refractivity contribution is -0.123. The molecule has 3 aliphatic carbocycles. The number of nitrogens with one attached hydrogen (secondary N) is 2. The molecule has 2 saturated carbocycles. The third kappa shape index (κ3) is 7.89. The summed E-state index contributed by atoms with van der Waals surface area (Å²) < 4.78 is 149. The first-order valence-corrected chi connectivity index (χ1v) is 23.9. The Balaban J connectivity index is 1.22. The van der Waals surface area contributed by atoms with Crippen LogP contribution in [0.3, 0.4) is 0 Å². The summed E-state index contributed by atoms with van der Waals surface area (Å²) in [7, 11) is -7.60. The third-order valence-electron chi connectivity index (χ3n) is 11.9. The van der Waals surface area contributed by atoms with E-state index in [9.17, 15) is 39.2 Å². The molecule has 1 aliphatic heterocycles. The first-order valence-electron chi connectivity index (χ1n) is 20.1. The summed E-state index contributed by atoms with van der Waals surface area (Å²) in [4.78, 5) is 19.0. The van der Waals surface area contributed by atoms with Crippen LogP contribution >= 0.6 is 11.6 Å². The quantitative estimate of drug-likeness (QED) is 0.0923. The number of sulfonamides is 1. The topological polar surface area (TPSA) is 167 Å². The fraction of sp³-hybridized carbons (Fsp3) is 0.429. The summed E-state index contributed by atoms with van der Waals surface area (Å²) in [6.07, 6.45) is -1.68. The SMILES string of the molecule is CC(C)(C#Cc1ccc(-c2ccc(Cl)c3c(NS(C)(=O)=O)nn(C4COC4)c23)c([C@H](Cc2cc(F)cc(F)c2)NC(=O)Cn2nc(C(F)F)c3c2C(F)(F)C2C[C@H]32)n1)S(=O)(=O)C1CC1. The van der Waals surface area contributed by atoms with E-state index in [4.69, 9.17) is 21.3 Å². The first-order chi connectivity index (χ1) is 30.0. The number of amides is 1. The van der Waals surface area contributed by atoms with Crippen molar-refractivity contribution in [2.45, 2.75) is 86.4 Å². The number of pyridine rings is 1. The zero-order valence-electron chi connectivity index (χ0n) is 34.1. The van der Waals surface area contributed by atoms with Gasteiger partial charge in [0, 0.05) is 28.7 Å². The summed E-state index contributed by atoms with van der Waals surface area (Å²) in [5.74, 6) is -2.98. The summed E-state index contributed by atoms with van der Waals surface area (Å²) in [6, 6.07) is 6.91. The molecular formula is C42H38ClF6N7O6S2. The standard InChI is InChI=1S/C42H38ClF6N7O6S2/c1-41(2,64(60,61)25-5-6-25)11-10-23-4-7-26(27-8-9-30(43)34-37(27)56(24-18-62-19-24)53-40(34)54-63(3,58)59)35(50-23)31(14-20-12-21(44)15-22(45)13-20)51-32(57)17-55-38-33(36(52-55)39(46)47)28-16-29(28)42(38,48)49/h4,7-9,12-13,15,24-25,28-29,31,39H,5-6,14,16-19H2,1-3H3,(H,51,57)(H,53,54)/t28-,29?,31-/m0/s1. The van der Waals surface area contributed by atoms with Crippen LogP contribution in [0, 0.1) is 29.4 Å². The van der Waals surface area contributed by atoms with E-state index in [0.29, 0.717) is 34.7 Å². The van der Waals surface area contributed by atoms with Gasteiger partial charge in [-0.15, -0.1) is 0 Å². The van der Waals surface area contributed by atoms with Gasteiger partial charge in [0.05, 0.1) is 58.4 Å². The Labute approximate surface area is 367 Å². The van der Waals surface area contributed by atoms with Crippen molar-refractivity contribution in [3.63, 3.8) is 0 Å². The zero-order chi connectivity index (χ0) is 45.8. The minimum Gasteiger partial charge on any atom is -0.377 e. The number of aromatic nitrogens is 5. The van der Waals surface area contributed by atoms with Gasteiger partial charge < -0.3 is 10.1 Å². The van der Waals surface area contributed by atoms with Crippen molar-refractivity contribution in [1.82, 2.24) is 29.9 Å². The molecule has 2 N–H and O–H groups in total. The largest absolute Gasteiger partial charge is 0.377 e. The van der Waals surface area contributed by atoms with Crippen molar-refractivity contribution in [2.24, 2.45) is 5.92 Å². The minimum absolute atomic E-state index is 0.00151. The van der Waals surface area contributed by atoms with E-state index in [1.807, 2.05) is 0 Å². The van der Waals surface area contributed by atoms with Crippen LogP contribution in [0.4, 0.5) is 32.2 Å². The van der Waals surface area contributed by atoms with Crippen LogP contribution in [0.5, 0.6) is 0 Å². The van der Waals surface area contributed by atoms with E-state index in [0.717, 1.165) is 18.4 Å². The van der Waals surface area contributed by atoms with Crippen LogP contribution in [-0.4, -0.2) is 76.8 Å². The zero-order valence-corrected chi connectivity index (χ0v) is 36.5. The van der Waals surface area contributed by atoms with Crippen molar-refractivity contribution in [1.29, 1.82) is 0 Å². The molecule has 4 heterocycles. The molecule has 64 heavy (non-hydrogen) atoms. The minimum atomic E-state index is -3.91. The molecule has 0 radical (unpaired) electrons. The molecule has 4 aliphatic rings. The second-order valence-electron chi connectivity index (χ2n) is 17.1. The maximum absolute atomic E-state index is 15.6. The van der Waals surface area contributed by atoms with Gasteiger partial charge in [0.15, 0.2) is 15.7 Å². The van der Waals surface area contributed by atoms with Crippen molar-refractivity contribution in [2.75, 3.05) is 24.2 Å². The highest BCUT2D eigenvalue weighted by molar-refractivity contribution is 7.93. The number of hydrogen-bond donors (Lipinski definition) is 2. The van der Waals surface area contributed by atoms with Crippen molar-refractivity contribution in [3.8, 4) is 23.0 Å². The number of nitrogens with zero attached hydrogens (tertiary/aromatic N) is 5. The molecule has 3 aromatic heterocycles. The number of halogens is 7. The van der Waals surface area contributed by atoms with Crippen molar-refractivity contribution >= 4 is 54.1 Å². The maximum Gasteiger partial charge on any atom is 0.293 e. The molecule has 9 rings (SSSR count). The highest BCUT2D eigenvalue weighted by Crippen LogP contribution is 2.68. The van der Waals surface area contributed by atoms with Gasteiger partial charge in [-0.25, -0.2) is 39.4 Å². The number of benzene rings is 2. The number of carbonyl (C=O) groups is 1. The molecule has 338 valence electrons. The van der Waals surface area contributed by atoms with E-state index in [2.05, 4.69) is 32.1 Å². The Bertz CT molecular complexity index is 3050. The average molecular weight is 950 g/mol. The summed E-state index contributed by atoms with van der Waals surface area (Å²) >= 11 is 6.74. The van der Waals surface area contributed by atoms with Gasteiger partial charge >= 0.3 is 0 Å². The summed E-state index contributed by atoms with van der Waals surface area (Å²) in [5.41, 5.74) is -1.10. The summed E-state index contributed by atoms with van der Waals surface area (Å²) in [6.45, 7) is 2.34. The first kappa shape index (κ1) is 44.1. The Kier molecular flexibility index (Phi) is 10.7. The van der Waals surface area contributed by atoms with Gasteiger partial charge in [-0.3, -0.25) is 18.9 Å². The molecule has 2 aromatic carbocycles. The molecule has 3 atom stereocenters. The third-order valence-corrected chi connectivity index (χ3v) is 15.7. The lowest BCUT2D eigenvalue weighted by atomic mass is 9.93. The van der Waals surface area contributed by atoms with Crippen LogP contribution in [0.15, 0.2) is 42.5 Å². The van der Waals surface area contributed by atoms with Crippen LogP contribution in [0.2, 0.25) is 5.02 Å². The monoisotopic (exact) mass is 949 g/mol. The highest BCUT2D eigenvalue weighted by Gasteiger charge is 2.67. The second-order valence-corrected chi connectivity index (χ2v) is 22.0. The number of sulfone groups is 1. The lowest BCUT2D eigenvalue weighted by Gasteiger charge is -2.28. The predicted octanol–water partition coefficient (Wildman–Crippen LogP) is 7.12. The average Bonchev–Trinajstić information content (AvgIpc) is 4.09. The van der Waals surface area contributed by atoms with Crippen LogP contribution in [-0.2, 0) is 48.3 Å². The Morgan fingerprint density at radius 1 is 1.02 bits per heavy atom. The lowest BCUT2D eigenvalue weighted by Crippen LogP contribution is -2.35. The van der Waals surface area contributed by atoms with Crippen molar-refractivity contribution in [3.05, 3.63) is 93.0 Å². The van der Waals surface area contributed by atoms with Crippen LogP contribution in [0.25, 0.3) is 22.0 Å². The molecule has 5 aromatic rings. The molecule has 1 saturated heterocycles. The van der Waals surface area contributed by atoms with E-state index < -0.39 is 108 Å².